The first-order valence-corrected chi connectivity index (χ1v) is 6.39. The summed E-state index contributed by atoms with van der Waals surface area (Å²) < 4.78 is 2.32. The van der Waals surface area contributed by atoms with Crippen LogP contribution in [0.25, 0.3) is 11.0 Å². The van der Waals surface area contributed by atoms with Gasteiger partial charge in [0.2, 0.25) is 0 Å². The van der Waals surface area contributed by atoms with Crippen molar-refractivity contribution in [2.75, 3.05) is 5.73 Å². The molecular formula is C15H23N3. The van der Waals surface area contributed by atoms with Crippen molar-refractivity contribution in [1.82, 2.24) is 9.55 Å². The van der Waals surface area contributed by atoms with Gasteiger partial charge in [0.25, 0.3) is 0 Å². The van der Waals surface area contributed by atoms with Gasteiger partial charge in [0.1, 0.15) is 5.82 Å². The quantitative estimate of drug-likeness (QED) is 0.720. The van der Waals surface area contributed by atoms with Gasteiger partial charge < -0.3 is 10.3 Å². The molecule has 2 rings (SSSR count). The number of benzene rings is 1. The number of rotatable bonds is 0. The molecule has 0 aliphatic rings. The summed E-state index contributed by atoms with van der Waals surface area (Å²) in [5.41, 5.74) is 8.78. The van der Waals surface area contributed by atoms with Crippen LogP contribution in [0.2, 0.25) is 0 Å². The van der Waals surface area contributed by atoms with E-state index in [0.29, 0.717) is 0 Å². The number of nitrogens with two attached hydrogens (primary N) is 1. The summed E-state index contributed by atoms with van der Waals surface area (Å²) in [5.74, 6) is 1.11. The minimum absolute atomic E-state index is 0.00742. The summed E-state index contributed by atoms with van der Waals surface area (Å²) in [7, 11) is 0. The van der Waals surface area contributed by atoms with Crippen LogP contribution in [0.3, 0.4) is 0 Å². The van der Waals surface area contributed by atoms with Gasteiger partial charge in [-0.2, -0.15) is 0 Å². The molecule has 2 aromatic rings. The molecule has 0 aliphatic carbocycles. The Hall–Kier alpha value is -1.51. The number of anilines is 1. The van der Waals surface area contributed by atoms with Crippen LogP contribution in [0.5, 0.6) is 0 Å². The third-order valence-corrected chi connectivity index (χ3v) is 3.02. The van der Waals surface area contributed by atoms with Gasteiger partial charge in [0.05, 0.1) is 11.0 Å². The molecule has 0 bridgehead atoms. The van der Waals surface area contributed by atoms with Crippen LogP contribution < -0.4 is 5.73 Å². The van der Waals surface area contributed by atoms with Crippen molar-refractivity contribution in [3.05, 3.63) is 24.0 Å². The molecule has 0 saturated heterocycles. The van der Waals surface area contributed by atoms with Crippen LogP contribution in [-0.4, -0.2) is 9.55 Å². The summed E-state index contributed by atoms with van der Waals surface area (Å²) in [6.45, 7) is 13.2. The Bertz CT molecular complexity index is 580. The fourth-order valence-electron chi connectivity index (χ4n) is 2.28. The number of fused-ring (bicyclic) bond motifs is 1. The van der Waals surface area contributed by atoms with E-state index in [1.807, 2.05) is 12.1 Å². The average Bonchev–Trinajstić information content (AvgIpc) is 2.54. The van der Waals surface area contributed by atoms with E-state index in [1.54, 1.807) is 0 Å². The van der Waals surface area contributed by atoms with Gasteiger partial charge in [-0.3, -0.25) is 0 Å². The number of hydrogen-bond donors (Lipinski definition) is 1. The Morgan fingerprint density at radius 1 is 1.06 bits per heavy atom. The molecule has 18 heavy (non-hydrogen) atoms. The van der Waals surface area contributed by atoms with Gasteiger partial charge in [-0.25, -0.2) is 4.98 Å². The molecule has 0 saturated carbocycles. The van der Waals surface area contributed by atoms with E-state index < -0.39 is 0 Å². The molecule has 1 aromatic heterocycles. The first kappa shape index (κ1) is 12.9. The highest BCUT2D eigenvalue weighted by molar-refractivity contribution is 5.80. The highest BCUT2D eigenvalue weighted by Crippen LogP contribution is 2.32. The molecule has 0 unspecified atom stereocenters. The second-order valence-corrected chi connectivity index (χ2v) is 6.94. The van der Waals surface area contributed by atoms with Crippen molar-refractivity contribution in [2.24, 2.45) is 0 Å². The van der Waals surface area contributed by atoms with Crippen LogP contribution in [0.1, 0.15) is 47.4 Å². The molecule has 1 heterocycles. The van der Waals surface area contributed by atoms with Crippen molar-refractivity contribution < 1.29 is 0 Å². The van der Waals surface area contributed by atoms with Crippen LogP contribution in [0.4, 0.5) is 5.69 Å². The maximum atomic E-state index is 5.85. The largest absolute Gasteiger partial charge is 0.399 e. The molecule has 0 radical (unpaired) electrons. The van der Waals surface area contributed by atoms with E-state index in [4.69, 9.17) is 10.7 Å². The molecule has 0 atom stereocenters. The lowest BCUT2D eigenvalue weighted by molar-refractivity contribution is 0.364. The maximum absolute atomic E-state index is 5.85. The molecule has 0 amide bonds. The molecule has 3 heteroatoms. The highest BCUT2D eigenvalue weighted by atomic mass is 15.1. The van der Waals surface area contributed by atoms with Gasteiger partial charge >= 0.3 is 0 Å². The topological polar surface area (TPSA) is 43.8 Å². The first-order valence-electron chi connectivity index (χ1n) is 6.39. The Balaban J connectivity index is 2.85. The fourth-order valence-corrected chi connectivity index (χ4v) is 2.28. The molecule has 1 aromatic carbocycles. The minimum Gasteiger partial charge on any atom is -0.399 e. The lowest BCUT2D eigenvalue weighted by atomic mass is 9.94. The summed E-state index contributed by atoms with van der Waals surface area (Å²) in [4.78, 5) is 4.79. The number of aromatic nitrogens is 2. The maximum Gasteiger partial charge on any atom is 0.115 e. The number of imidazole rings is 1. The van der Waals surface area contributed by atoms with Crippen LogP contribution in [0, 0.1) is 0 Å². The van der Waals surface area contributed by atoms with Crippen molar-refractivity contribution in [2.45, 2.75) is 52.5 Å². The van der Waals surface area contributed by atoms with Crippen molar-refractivity contribution in [1.29, 1.82) is 0 Å². The van der Waals surface area contributed by atoms with Gasteiger partial charge in [0, 0.05) is 16.6 Å². The van der Waals surface area contributed by atoms with Crippen molar-refractivity contribution >= 4 is 16.7 Å². The zero-order valence-electron chi connectivity index (χ0n) is 12.2. The number of nitrogens with zero attached hydrogens (tertiary/aromatic N) is 2. The Morgan fingerprint density at radius 2 is 1.67 bits per heavy atom. The van der Waals surface area contributed by atoms with Crippen LogP contribution in [-0.2, 0) is 11.0 Å². The predicted molar refractivity (Wildman–Crippen MR) is 77.8 cm³/mol. The normalized spacial score (nSPS) is 13.2. The second kappa shape index (κ2) is 3.74. The summed E-state index contributed by atoms with van der Waals surface area (Å²) >= 11 is 0. The molecule has 2 N–H and O–H groups in total. The first-order chi connectivity index (χ1) is 8.10. The van der Waals surface area contributed by atoms with Gasteiger partial charge in [-0.1, -0.05) is 20.8 Å². The second-order valence-electron chi connectivity index (χ2n) is 6.94. The monoisotopic (exact) mass is 245 g/mol. The summed E-state index contributed by atoms with van der Waals surface area (Å²) in [6.07, 6.45) is 0. The van der Waals surface area contributed by atoms with Crippen LogP contribution in [0.15, 0.2) is 18.2 Å². The Kier molecular flexibility index (Phi) is 2.69. The summed E-state index contributed by atoms with van der Waals surface area (Å²) in [5, 5.41) is 0. The Morgan fingerprint density at radius 3 is 2.17 bits per heavy atom. The minimum atomic E-state index is 0.00742. The average molecular weight is 245 g/mol. The van der Waals surface area contributed by atoms with E-state index in [2.05, 4.69) is 52.2 Å². The zero-order chi connectivity index (χ0) is 13.7. The third kappa shape index (κ3) is 2.09. The van der Waals surface area contributed by atoms with E-state index in [9.17, 15) is 0 Å². The fraction of sp³-hybridized carbons (Fsp3) is 0.533. The van der Waals surface area contributed by atoms with E-state index >= 15 is 0 Å². The van der Waals surface area contributed by atoms with E-state index in [-0.39, 0.29) is 11.0 Å². The summed E-state index contributed by atoms with van der Waals surface area (Å²) in [6, 6.07) is 5.96. The van der Waals surface area contributed by atoms with E-state index in [1.165, 1.54) is 0 Å². The number of hydrogen-bond acceptors (Lipinski definition) is 2. The molecule has 0 fully saturated rings. The van der Waals surface area contributed by atoms with Gasteiger partial charge in [-0.05, 0) is 39.0 Å². The van der Waals surface area contributed by atoms with Crippen molar-refractivity contribution in [3.63, 3.8) is 0 Å². The molecule has 0 spiro atoms. The highest BCUT2D eigenvalue weighted by Gasteiger charge is 2.28. The molecular weight excluding hydrogens is 222 g/mol. The zero-order valence-corrected chi connectivity index (χ0v) is 12.2. The van der Waals surface area contributed by atoms with Gasteiger partial charge in [0.15, 0.2) is 0 Å². The third-order valence-electron chi connectivity index (χ3n) is 3.02. The Labute approximate surface area is 109 Å². The lowest BCUT2D eigenvalue weighted by Gasteiger charge is -2.29. The standard InChI is InChI=1S/C15H23N3/c1-14(2,3)13-17-11-9-10(16)7-8-12(11)18(13)15(4,5)6/h7-9H,16H2,1-6H3. The predicted octanol–water partition coefficient (Wildman–Crippen LogP) is 3.67. The molecule has 0 aliphatic heterocycles. The van der Waals surface area contributed by atoms with Crippen molar-refractivity contribution in [3.8, 4) is 0 Å². The molecule has 3 nitrogen and oxygen atoms in total. The van der Waals surface area contributed by atoms with Crippen LogP contribution >= 0.6 is 0 Å². The lowest BCUT2D eigenvalue weighted by Crippen LogP contribution is -2.29. The molecule has 98 valence electrons. The SMILES string of the molecule is CC(C)(C)c1nc2cc(N)ccc2n1C(C)(C)C. The number of nitrogen functional groups attached to an aromatic ring is 1. The van der Waals surface area contributed by atoms with Gasteiger partial charge in [-0.15, -0.1) is 0 Å². The van der Waals surface area contributed by atoms with E-state index in [0.717, 1.165) is 22.5 Å². The smallest absolute Gasteiger partial charge is 0.115 e.